The molecule has 226 valence electrons. The Bertz CT molecular complexity index is 855. The molecule has 14 nitrogen and oxygen atoms in total. The van der Waals surface area contributed by atoms with Gasteiger partial charge in [0.05, 0.1) is 13.2 Å². The number of hydroxylamine groups is 3. The highest BCUT2D eigenvalue weighted by atomic mass is 31.2. The summed E-state index contributed by atoms with van der Waals surface area (Å²) in [6.07, 6.45) is -0.919. The molecule has 0 bridgehead atoms. The third kappa shape index (κ3) is 11.3. The quantitative estimate of drug-likeness (QED) is 0.0621. The van der Waals surface area contributed by atoms with Crippen molar-refractivity contribution in [1.82, 2.24) is 0 Å². The molecular formula is C24H45N3O11P+. The van der Waals surface area contributed by atoms with Crippen molar-refractivity contribution in [1.29, 1.82) is 0 Å². The van der Waals surface area contributed by atoms with Crippen LogP contribution in [0.5, 0.6) is 0 Å². The zero-order valence-corrected chi connectivity index (χ0v) is 25.1. The number of guanidine groups is 1. The van der Waals surface area contributed by atoms with Gasteiger partial charge in [-0.05, 0) is 26.7 Å². The summed E-state index contributed by atoms with van der Waals surface area (Å²) in [6, 6.07) is -0.270. The molecule has 1 aliphatic rings. The molecule has 3 unspecified atom stereocenters. The number of ether oxygens (including phenoxy) is 4. The molecular weight excluding hydrogens is 537 g/mol. The number of carbonyl (C=O) groups is 3. The van der Waals surface area contributed by atoms with E-state index < -0.39 is 55.1 Å². The minimum atomic E-state index is -4.75. The lowest BCUT2D eigenvalue weighted by Gasteiger charge is -2.37. The van der Waals surface area contributed by atoms with Crippen LogP contribution in [0.2, 0.25) is 0 Å². The fourth-order valence-corrected chi connectivity index (χ4v) is 5.42. The topological polar surface area (TPSA) is 171 Å². The van der Waals surface area contributed by atoms with Crippen molar-refractivity contribution in [2.45, 2.75) is 99.2 Å². The Hall–Kier alpha value is -2.41. The Morgan fingerprint density at radius 2 is 1.33 bits per heavy atom. The third-order valence-electron chi connectivity index (χ3n) is 5.78. The maximum Gasteiger partial charge on any atom is 0.510 e. The molecule has 0 aromatic carbocycles. The lowest BCUT2D eigenvalue weighted by Crippen LogP contribution is -2.60. The molecule has 0 radical (unpaired) electrons. The minimum absolute atomic E-state index is 0.0331. The van der Waals surface area contributed by atoms with Gasteiger partial charge in [-0.1, -0.05) is 38.8 Å². The van der Waals surface area contributed by atoms with Gasteiger partial charge in [-0.15, -0.1) is 4.76 Å². The number of rotatable bonds is 12. The summed E-state index contributed by atoms with van der Waals surface area (Å²) in [5.74, 6) is -2.09. The number of nitrogens with zero attached hydrogens (tertiary/aromatic N) is 2. The van der Waals surface area contributed by atoms with E-state index in [1.807, 2.05) is 0 Å². The molecule has 1 aliphatic carbocycles. The predicted molar refractivity (Wildman–Crippen MR) is 140 cm³/mol. The van der Waals surface area contributed by atoms with Crippen LogP contribution in [0.1, 0.15) is 80.6 Å². The molecule has 1 rings (SSSR count). The predicted octanol–water partition coefficient (Wildman–Crippen LogP) is 5.01. The molecule has 0 aromatic heterocycles. The highest BCUT2D eigenvalue weighted by molar-refractivity contribution is 7.52. The first-order chi connectivity index (χ1) is 18.2. The standard InChI is InChI=1S/C24H45N3O11P/c1-9-32-23(29)34-20(16(3)4)37-39(31,38-21(17(5)6)35-24(30)33-10-2)26-22(25)27(8,36-18(7)28)19-14-12-11-13-15-19/h16-17,19-21H,9-15H2,1-8H3,(H2,25,26,31)/q+1. The van der Waals surface area contributed by atoms with Gasteiger partial charge in [0.15, 0.2) is 0 Å². The lowest BCUT2D eigenvalue weighted by molar-refractivity contribution is -1.02. The molecule has 0 aromatic rings. The van der Waals surface area contributed by atoms with Gasteiger partial charge in [0.25, 0.3) is 0 Å². The molecule has 1 saturated carbocycles. The average Bonchev–Trinajstić information content (AvgIpc) is 2.83. The van der Waals surface area contributed by atoms with Crippen molar-refractivity contribution in [2.24, 2.45) is 22.3 Å². The van der Waals surface area contributed by atoms with Crippen molar-refractivity contribution in [2.75, 3.05) is 20.3 Å². The molecule has 3 atom stereocenters. The molecule has 0 aliphatic heterocycles. The summed E-state index contributed by atoms with van der Waals surface area (Å²) in [6.45, 7) is 11.0. The Morgan fingerprint density at radius 3 is 1.69 bits per heavy atom. The highest BCUT2D eigenvalue weighted by Crippen LogP contribution is 2.54. The third-order valence-corrected chi connectivity index (χ3v) is 7.18. The molecule has 0 heterocycles. The molecule has 0 amide bonds. The number of quaternary nitrogens is 1. The van der Waals surface area contributed by atoms with Crippen LogP contribution in [0.3, 0.4) is 0 Å². The van der Waals surface area contributed by atoms with E-state index in [2.05, 4.69) is 4.76 Å². The fraction of sp³-hybridized carbons (Fsp3) is 0.833. The largest absolute Gasteiger partial charge is 0.510 e. The summed E-state index contributed by atoms with van der Waals surface area (Å²) in [4.78, 5) is 41.7. The van der Waals surface area contributed by atoms with Crippen LogP contribution in [0.4, 0.5) is 9.59 Å². The zero-order chi connectivity index (χ0) is 29.8. The van der Waals surface area contributed by atoms with Crippen molar-refractivity contribution in [3.8, 4) is 0 Å². The lowest BCUT2D eigenvalue weighted by atomic mass is 9.94. The van der Waals surface area contributed by atoms with E-state index in [4.69, 9.17) is 38.6 Å². The zero-order valence-electron chi connectivity index (χ0n) is 24.2. The van der Waals surface area contributed by atoms with Gasteiger partial charge in [-0.25, -0.2) is 28.0 Å². The van der Waals surface area contributed by atoms with Crippen LogP contribution in [0, 0.1) is 11.8 Å². The molecule has 0 saturated heterocycles. The van der Waals surface area contributed by atoms with Crippen LogP contribution in [-0.4, -0.2) is 67.8 Å². The van der Waals surface area contributed by atoms with Gasteiger partial charge in [-0.2, -0.15) is 0 Å². The first-order valence-electron chi connectivity index (χ1n) is 13.2. The second kappa shape index (κ2) is 16.0. The Balaban J connectivity index is 3.56. The number of hydrogen-bond acceptors (Lipinski definition) is 11. The van der Waals surface area contributed by atoms with E-state index in [-0.39, 0.29) is 25.2 Å². The summed E-state index contributed by atoms with van der Waals surface area (Å²) in [7, 11) is -3.21. The van der Waals surface area contributed by atoms with Gasteiger partial charge in [0.1, 0.15) is 13.1 Å². The fourth-order valence-electron chi connectivity index (χ4n) is 3.75. The Kier molecular flexibility index (Phi) is 14.2. The SMILES string of the molecule is CCOC(=O)OC(OP(=O)(N=C(N)[N+](C)(OC(C)=O)C1CCCCC1)OC(OC(=O)OCC)C(C)C)C(C)C. The molecule has 2 N–H and O–H groups in total. The van der Waals surface area contributed by atoms with Crippen molar-refractivity contribution >= 4 is 32.0 Å². The second-order valence-corrected chi connectivity index (χ2v) is 11.4. The number of nitrogens with two attached hydrogens (primary N) is 1. The van der Waals surface area contributed by atoms with Crippen LogP contribution >= 0.6 is 7.75 Å². The first kappa shape index (κ1) is 34.6. The minimum Gasteiger partial charge on any atom is -0.435 e. The van der Waals surface area contributed by atoms with Gasteiger partial charge in [0, 0.05) is 31.6 Å². The molecule has 39 heavy (non-hydrogen) atoms. The van der Waals surface area contributed by atoms with Crippen LogP contribution in [0.25, 0.3) is 0 Å². The van der Waals surface area contributed by atoms with Gasteiger partial charge < -0.3 is 24.7 Å². The summed E-state index contributed by atoms with van der Waals surface area (Å²) < 4.78 is 49.0. The van der Waals surface area contributed by atoms with Crippen molar-refractivity contribution < 1.29 is 56.4 Å². The molecule has 0 spiro atoms. The van der Waals surface area contributed by atoms with Crippen molar-refractivity contribution in [3.63, 3.8) is 0 Å². The van der Waals surface area contributed by atoms with E-state index in [1.165, 1.54) is 14.0 Å². The normalized spacial score (nSPS) is 19.4. The average molecular weight is 583 g/mol. The smallest absolute Gasteiger partial charge is 0.435 e. The summed E-state index contributed by atoms with van der Waals surface area (Å²) >= 11 is 0. The van der Waals surface area contributed by atoms with E-state index >= 15 is 0 Å². The Labute approximate surface area is 230 Å². The van der Waals surface area contributed by atoms with Crippen LogP contribution in [-0.2, 0) is 42.2 Å². The first-order valence-corrected chi connectivity index (χ1v) is 14.7. The van der Waals surface area contributed by atoms with E-state index in [0.29, 0.717) is 12.8 Å². The highest BCUT2D eigenvalue weighted by Gasteiger charge is 2.46. The van der Waals surface area contributed by atoms with Gasteiger partial charge in [0.2, 0.25) is 12.6 Å². The maximum atomic E-state index is 14.2. The Morgan fingerprint density at radius 1 is 0.897 bits per heavy atom. The van der Waals surface area contributed by atoms with E-state index in [0.717, 1.165) is 19.3 Å². The van der Waals surface area contributed by atoms with E-state index in [1.54, 1.807) is 41.5 Å². The molecule has 15 heteroatoms. The summed E-state index contributed by atoms with van der Waals surface area (Å²) in [5.41, 5.74) is 6.37. The number of carbonyl (C=O) groups excluding carboxylic acids is 3. The van der Waals surface area contributed by atoms with Crippen molar-refractivity contribution in [3.05, 3.63) is 0 Å². The van der Waals surface area contributed by atoms with Gasteiger partial charge in [-0.3, -0.25) is 4.84 Å². The van der Waals surface area contributed by atoms with Crippen LogP contribution < -0.4 is 5.73 Å². The maximum absolute atomic E-state index is 14.2. The second-order valence-electron chi connectivity index (χ2n) is 9.83. The van der Waals surface area contributed by atoms with Crippen LogP contribution in [0.15, 0.2) is 4.76 Å². The van der Waals surface area contributed by atoms with E-state index in [9.17, 15) is 18.9 Å². The number of hydrogen-bond donors (Lipinski definition) is 1. The summed E-state index contributed by atoms with van der Waals surface area (Å²) in [5, 5.41) is 0. The monoisotopic (exact) mass is 582 g/mol. The molecule has 1 fully saturated rings. The van der Waals surface area contributed by atoms with Gasteiger partial charge >= 0.3 is 32.0 Å².